The summed E-state index contributed by atoms with van der Waals surface area (Å²) in [5, 5.41) is 7.74. The van der Waals surface area contributed by atoms with Crippen molar-refractivity contribution in [1.82, 2.24) is 5.01 Å². The lowest BCUT2D eigenvalue weighted by atomic mass is 9.96. The molecule has 29 heavy (non-hydrogen) atoms. The number of hydrogen-bond acceptors (Lipinski definition) is 5. The number of benzene rings is 3. The Morgan fingerprint density at radius 2 is 1.72 bits per heavy atom. The molecule has 0 bridgehead atoms. The van der Waals surface area contributed by atoms with Crippen molar-refractivity contribution in [3.05, 3.63) is 88.4 Å². The van der Waals surface area contributed by atoms with Crippen LogP contribution in [0.4, 0.5) is 0 Å². The van der Waals surface area contributed by atoms with Crippen molar-refractivity contribution < 1.29 is 14.2 Å². The van der Waals surface area contributed by atoms with Crippen LogP contribution in [-0.4, -0.2) is 17.5 Å². The molecule has 3 heterocycles. The lowest BCUT2D eigenvalue weighted by Gasteiger charge is -2.38. The maximum atomic E-state index is 6.36. The molecular weight excluding hydrogens is 388 g/mol. The van der Waals surface area contributed by atoms with Crippen molar-refractivity contribution >= 4 is 17.3 Å². The summed E-state index contributed by atoms with van der Waals surface area (Å²) in [7, 11) is 0. The first-order valence-corrected chi connectivity index (χ1v) is 9.91. The zero-order valence-electron chi connectivity index (χ0n) is 15.4. The maximum absolute atomic E-state index is 6.36. The molecule has 0 spiro atoms. The van der Waals surface area contributed by atoms with Gasteiger partial charge in [0.25, 0.3) is 0 Å². The summed E-state index contributed by atoms with van der Waals surface area (Å²) in [6.45, 7) is 0.264. The maximum Gasteiger partial charge on any atom is 0.231 e. The monoisotopic (exact) mass is 404 g/mol. The van der Waals surface area contributed by atoms with Crippen LogP contribution >= 0.6 is 11.6 Å². The third-order valence-corrected chi connectivity index (χ3v) is 5.81. The number of rotatable bonds is 2. The SMILES string of the molecule is Clc1ccc([C@H]2Oc3ccccc3[C@@H]3CC(c4ccc5c(c4)OCO5)=NN23)cc1. The molecule has 2 atom stereocenters. The van der Waals surface area contributed by atoms with Crippen molar-refractivity contribution in [3.63, 3.8) is 0 Å². The van der Waals surface area contributed by atoms with E-state index in [0.717, 1.165) is 46.1 Å². The summed E-state index contributed by atoms with van der Waals surface area (Å²) >= 11 is 6.09. The van der Waals surface area contributed by atoms with E-state index >= 15 is 0 Å². The Kier molecular flexibility index (Phi) is 3.71. The van der Waals surface area contributed by atoms with Crippen LogP contribution in [0.25, 0.3) is 0 Å². The van der Waals surface area contributed by atoms with E-state index in [9.17, 15) is 0 Å². The molecule has 0 aromatic heterocycles. The molecule has 0 aliphatic carbocycles. The average Bonchev–Trinajstić information content (AvgIpc) is 3.40. The van der Waals surface area contributed by atoms with Gasteiger partial charge in [0.2, 0.25) is 13.0 Å². The van der Waals surface area contributed by atoms with Gasteiger partial charge in [-0.25, -0.2) is 5.01 Å². The Bertz CT molecular complexity index is 1130. The minimum Gasteiger partial charge on any atom is -0.464 e. The van der Waals surface area contributed by atoms with Gasteiger partial charge in [-0.3, -0.25) is 0 Å². The molecule has 0 N–H and O–H groups in total. The minimum atomic E-state index is -0.307. The van der Waals surface area contributed by atoms with E-state index in [1.807, 2.05) is 60.7 Å². The molecule has 0 amide bonds. The number of fused-ring (bicyclic) bond motifs is 4. The molecule has 3 aliphatic rings. The summed E-state index contributed by atoms with van der Waals surface area (Å²) in [5.74, 6) is 2.44. The number of para-hydroxylation sites is 1. The van der Waals surface area contributed by atoms with Crippen LogP contribution < -0.4 is 14.2 Å². The number of hydrogen-bond donors (Lipinski definition) is 0. The van der Waals surface area contributed by atoms with Gasteiger partial charge in [-0.15, -0.1) is 0 Å². The second-order valence-electron chi connectivity index (χ2n) is 7.27. The Hall–Kier alpha value is -3.18. The van der Waals surface area contributed by atoms with Gasteiger partial charge >= 0.3 is 0 Å². The highest BCUT2D eigenvalue weighted by Gasteiger charge is 2.41. The number of ether oxygens (including phenoxy) is 3. The van der Waals surface area contributed by atoms with Gasteiger partial charge in [-0.2, -0.15) is 5.10 Å². The van der Waals surface area contributed by atoms with Gasteiger partial charge in [-0.05, 0) is 36.4 Å². The van der Waals surface area contributed by atoms with Crippen molar-refractivity contribution in [1.29, 1.82) is 0 Å². The summed E-state index contributed by atoms with van der Waals surface area (Å²) < 4.78 is 17.3. The predicted molar refractivity (Wildman–Crippen MR) is 110 cm³/mol. The molecule has 3 aliphatic heterocycles. The van der Waals surface area contributed by atoms with Crippen molar-refractivity contribution in [3.8, 4) is 17.2 Å². The molecule has 0 radical (unpaired) electrons. The molecule has 5 nitrogen and oxygen atoms in total. The smallest absolute Gasteiger partial charge is 0.231 e. The summed E-state index contributed by atoms with van der Waals surface area (Å²) in [6, 6.07) is 22.0. The van der Waals surface area contributed by atoms with Crippen LogP contribution in [0.2, 0.25) is 5.02 Å². The van der Waals surface area contributed by atoms with Crippen molar-refractivity contribution in [2.75, 3.05) is 6.79 Å². The number of nitrogens with zero attached hydrogens (tertiary/aromatic N) is 2. The van der Waals surface area contributed by atoms with Crippen LogP contribution in [0.3, 0.4) is 0 Å². The van der Waals surface area contributed by atoms with Crippen LogP contribution in [0.1, 0.15) is 35.4 Å². The molecule has 6 rings (SSSR count). The van der Waals surface area contributed by atoms with Crippen molar-refractivity contribution in [2.45, 2.75) is 18.7 Å². The van der Waals surface area contributed by atoms with Crippen molar-refractivity contribution in [2.24, 2.45) is 5.10 Å². The lowest BCUT2D eigenvalue weighted by Crippen LogP contribution is -2.33. The average molecular weight is 405 g/mol. The molecule has 0 unspecified atom stereocenters. The van der Waals surface area contributed by atoms with E-state index < -0.39 is 0 Å². The zero-order valence-corrected chi connectivity index (χ0v) is 16.2. The Balaban J connectivity index is 1.42. The molecule has 0 fully saturated rings. The fourth-order valence-electron chi connectivity index (χ4n) is 4.13. The minimum absolute atomic E-state index is 0.112. The summed E-state index contributed by atoms with van der Waals surface area (Å²) in [6.07, 6.45) is 0.489. The third-order valence-electron chi connectivity index (χ3n) is 5.56. The van der Waals surface area contributed by atoms with E-state index in [1.165, 1.54) is 0 Å². The van der Waals surface area contributed by atoms with Gasteiger partial charge in [0, 0.05) is 28.1 Å². The highest BCUT2D eigenvalue weighted by molar-refractivity contribution is 6.30. The lowest BCUT2D eigenvalue weighted by molar-refractivity contribution is -0.0190. The highest BCUT2D eigenvalue weighted by atomic mass is 35.5. The van der Waals surface area contributed by atoms with Crippen LogP contribution in [0, 0.1) is 0 Å². The van der Waals surface area contributed by atoms with Gasteiger partial charge in [-0.1, -0.05) is 41.9 Å². The fourth-order valence-corrected chi connectivity index (χ4v) is 4.26. The third kappa shape index (κ3) is 2.73. The second-order valence-corrected chi connectivity index (χ2v) is 7.71. The number of halogens is 1. The molecule has 6 heteroatoms. The molecule has 0 saturated carbocycles. The Labute approximate surface area is 173 Å². The second kappa shape index (κ2) is 6.42. The fraction of sp³-hybridized carbons (Fsp3) is 0.174. The Morgan fingerprint density at radius 3 is 2.62 bits per heavy atom. The first kappa shape index (κ1) is 16.7. The Morgan fingerprint density at radius 1 is 0.897 bits per heavy atom. The summed E-state index contributed by atoms with van der Waals surface area (Å²) in [4.78, 5) is 0. The number of hydrazone groups is 1. The van der Waals surface area contributed by atoms with Gasteiger partial charge < -0.3 is 14.2 Å². The topological polar surface area (TPSA) is 43.3 Å². The normalized spacial score (nSPS) is 21.3. The summed E-state index contributed by atoms with van der Waals surface area (Å²) in [5.41, 5.74) is 4.21. The molecule has 3 aromatic carbocycles. The van der Waals surface area contributed by atoms with Gasteiger partial charge in [0.1, 0.15) is 5.75 Å². The van der Waals surface area contributed by atoms with Crippen LogP contribution in [0.5, 0.6) is 17.2 Å². The van der Waals surface area contributed by atoms with Gasteiger partial charge in [0.15, 0.2) is 11.5 Å². The van der Waals surface area contributed by atoms with Crippen LogP contribution in [-0.2, 0) is 0 Å². The standard InChI is InChI=1S/C23H17ClN2O3/c24-16-8-5-14(6-9-16)23-26-19(17-3-1-2-4-20(17)29-23)12-18(25-26)15-7-10-21-22(11-15)28-13-27-21/h1-11,19,23H,12-13H2/t19-,23+/m0/s1. The molecular formula is C23H17ClN2O3. The van der Waals surface area contributed by atoms with E-state index in [1.54, 1.807) is 0 Å². The molecule has 3 aromatic rings. The first-order valence-electron chi connectivity index (χ1n) is 9.53. The van der Waals surface area contributed by atoms with Crippen LogP contribution in [0.15, 0.2) is 71.8 Å². The van der Waals surface area contributed by atoms with E-state index in [-0.39, 0.29) is 19.1 Å². The predicted octanol–water partition coefficient (Wildman–Crippen LogP) is 5.31. The van der Waals surface area contributed by atoms with E-state index in [0.29, 0.717) is 5.02 Å². The first-order chi connectivity index (χ1) is 14.3. The zero-order chi connectivity index (χ0) is 19.4. The van der Waals surface area contributed by atoms with Gasteiger partial charge in [0.05, 0.1) is 11.8 Å². The van der Waals surface area contributed by atoms with E-state index in [4.69, 9.17) is 30.9 Å². The molecule has 0 saturated heterocycles. The molecule has 144 valence electrons. The largest absolute Gasteiger partial charge is 0.464 e. The quantitative estimate of drug-likeness (QED) is 0.580. The highest BCUT2D eigenvalue weighted by Crippen LogP contribution is 2.47. The van der Waals surface area contributed by atoms with E-state index in [2.05, 4.69) is 11.1 Å².